The number of para-hydroxylation sites is 1. The predicted octanol–water partition coefficient (Wildman–Crippen LogP) is 5.47. The number of benzene rings is 3. The van der Waals surface area contributed by atoms with Gasteiger partial charge in [-0.15, -0.1) is 0 Å². The SMILES string of the molecule is Cc1cccc(NC(=O)c2ccc(OCCOc3ccccc3)c(Br)c2)c1. The Morgan fingerprint density at radius 2 is 1.70 bits per heavy atom. The van der Waals surface area contributed by atoms with E-state index in [0.717, 1.165) is 21.5 Å². The molecule has 138 valence electrons. The summed E-state index contributed by atoms with van der Waals surface area (Å²) in [4.78, 5) is 12.4. The van der Waals surface area contributed by atoms with Crippen LogP contribution >= 0.6 is 15.9 Å². The van der Waals surface area contributed by atoms with Crippen molar-refractivity contribution < 1.29 is 14.3 Å². The molecule has 27 heavy (non-hydrogen) atoms. The number of rotatable bonds is 7. The highest BCUT2D eigenvalue weighted by atomic mass is 79.9. The molecule has 0 saturated carbocycles. The zero-order valence-corrected chi connectivity index (χ0v) is 16.5. The van der Waals surface area contributed by atoms with Crippen LogP contribution in [0.2, 0.25) is 0 Å². The second-order valence-electron chi connectivity index (χ2n) is 5.98. The van der Waals surface area contributed by atoms with Crippen LogP contribution in [-0.4, -0.2) is 19.1 Å². The molecule has 3 rings (SSSR count). The molecule has 0 atom stereocenters. The molecule has 0 saturated heterocycles. The van der Waals surface area contributed by atoms with Gasteiger partial charge in [-0.1, -0.05) is 30.3 Å². The van der Waals surface area contributed by atoms with Crippen molar-refractivity contribution in [2.75, 3.05) is 18.5 Å². The van der Waals surface area contributed by atoms with Gasteiger partial charge in [0, 0.05) is 11.3 Å². The smallest absolute Gasteiger partial charge is 0.255 e. The van der Waals surface area contributed by atoms with Crippen molar-refractivity contribution in [2.45, 2.75) is 6.92 Å². The van der Waals surface area contributed by atoms with E-state index in [1.165, 1.54) is 0 Å². The molecule has 0 heterocycles. The van der Waals surface area contributed by atoms with Crippen molar-refractivity contribution in [3.63, 3.8) is 0 Å². The maximum Gasteiger partial charge on any atom is 0.255 e. The number of carbonyl (C=O) groups is 1. The first kappa shape index (κ1) is 19.0. The number of halogens is 1. The summed E-state index contributed by atoms with van der Waals surface area (Å²) >= 11 is 3.46. The van der Waals surface area contributed by atoms with Crippen LogP contribution in [0.3, 0.4) is 0 Å². The molecule has 0 fully saturated rings. The van der Waals surface area contributed by atoms with Gasteiger partial charge in [-0.3, -0.25) is 4.79 Å². The molecule has 0 aliphatic heterocycles. The predicted molar refractivity (Wildman–Crippen MR) is 111 cm³/mol. The number of aryl methyl sites for hydroxylation is 1. The van der Waals surface area contributed by atoms with Crippen molar-refractivity contribution in [3.05, 3.63) is 88.4 Å². The Morgan fingerprint density at radius 1 is 0.926 bits per heavy atom. The highest BCUT2D eigenvalue weighted by molar-refractivity contribution is 9.10. The summed E-state index contributed by atoms with van der Waals surface area (Å²) in [5.41, 5.74) is 2.42. The van der Waals surface area contributed by atoms with E-state index in [0.29, 0.717) is 24.5 Å². The van der Waals surface area contributed by atoms with E-state index in [2.05, 4.69) is 21.2 Å². The Hall–Kier alpha value is -2.79. The standard InChI is InChI=1S/C22H20BrNO3/c1-16-6-5-7-18(14-16)24-22(25)17-10-11-21(20(23)15-17)27-13-12-26-19-8-3-2-4-9-19/h2-11,14-15H,12-13H2,1H3,(H,24,25). The maximum absolute atomic E-state index is 12.4. The third-order valence-electron chi connectivity index (χ3n) is 3.82. The molecule has 5 heteroatoms. The lowest BCUT2D eigenvalue weighted by Gasteiger charge is -2.11. The molecule has 1 N–H and O–H groups in total. The molecule has 4 nitrogen and oxygen atoms in total. The minimum absolute atomic E-state index is 0.166. The van der Waals surface area contributed by atoms with Crippen LogP contribution in [0, 0.1) is 6.92 Å². The number of amides is 1. The lowest BCUT2D eigenvalue weighted by molar-refractivity contribution is 0.102. The van der Waals surface area contributed by atoms with Crippen molar-refractivity contribution in [3.8, 4) is 11.5 Å². The quantitative estimate of drug-likeness (QED) is 0.510. The highest BCUT2D eigenvalue weighted by Crippen LogP contribution is 2.26. The van der Waals surface area contributed by atoms with Crippen LogP contribution in [0.25, 0.3) is 0 Å². The van der Waals surface area contributed by atoms with E-state index in [1.54, 1.807) is 18.2 Å². The van der Waals surface area contributed by atoms with Gasteiger partial charge in [0.05, 0.1) is 4.47 Å². The van der Waals surface area contributed by atoms with Crippen molar-refractivity contribution in [1.82, 2.24) is 0 Å². The first-order valence-electron chi connectivity index (χ1n) is 8.60. The monoisotopic (exact) mass is 425 g/mol. The molecule has 1 amide bonds. The highest BCUT2D eigenvalue weighted by Gasteiger charge is 2.10. The number of ether oxygens (including phenoxy) is 2. The Bertz CT molecular complexity index is 912. The fourth-order valence-corrected chi connectivity index (χ4v) is 3.01. The van der Waals surface area contributed by atoms with Crippen LogP contribution in [0.15, 0.2) is 77.3 Å². The lowest BCUT2D eigenvalue weighted by Crippen LogP contribution is -2.12. The second-order valence-corrected chi connectivity index (χ2v) is 6.83. The van der Waals surface area contributed by atoms with Crippen molar-refractivity contribution in [2.24, 2.45) is 0 Å². The first-order chi connectivity index (χ1) is 13.1. The molecular formula is C22H20BrNO3. The summed E-state index contributed by atoms with van der Waals surface area (Å²) in [5.74, 6) is 1.31. The minimum Gasteiger partial charge on any atom is -0.490 e. The fourth-order valence-electron chi connectivity index (χ4n) is 2.51. The zero-order valence-electron chi connectivity index (χ0n) is 14.9. The van der Waals surface area contributed by atoms with Crippen LogP contribution in [0.4, 0.5) is 5.69 Å². The number of nitrogens with one attached hydrogen (secondary N) is 1. The topological polar surface area (TPSA) is 47.6 Å². The van der Waals surface area contributed by atoms with Gasteiger partial charge in [-0.05, 0) is 70.9 Å². The summed E-state index contributed by atoms with van der Waals surface area (Å²) in [6.45, 7) is 2.83. The van der Waals surface area contributed by atoms with Gasteiger partial charge in [0.25, 0.3) is 5.91 Å². The molecular weight excluding hydrogens is 406 g/mol. The Kier molecular flexibility index (Phi) is 6.49. The van der Waals surface area contributed by atoms with E-state index in [-0.39, 0.29) is 5.91 Å². The third-order valence-corrected chi connectivity index (χ3v) is 4.44. The fraction of sp³-hybridized carbons (Fsp3) is 0.136. The number of anilines is 1. The van der Waals surface area contributed by atoms with E-state index >= 15 is 0 Å². The van der Waals surface area contributed by atoms with Crippen LogP contribution in [0.1, 0.15) is 15.9 Å². The Morgan fingerprint density at radius 3 is 2.44 bits per heavy atom. The Labute approximate surface area is 167 Å². The number of carbonyl (C=O) groups excluding carboxylic acids is 1. The van der Waals surface area contributed by atoms with E-state index < -0.39 is 0 Å². The third kappa shape index (κ3) is 5.59. The molecule has 3 aromatic carbocycles. The average Bonchev–Trinajstić information content (AvgIpc) is 2.67. The van der Waals surface area contributed by atoms with Gasteiger partial charge in [0.2, 0.25) is 0 Å². The lowest BCUT2D eigenvalue weighted by atomic mass is 10.2. The summed E-state index contributed by atoms with van der Waals surface area (Å²) in [6, 6.07) is 22.5. The van der Waals surface area contributed by atoms with Crippen LogP contribution in [-0.2, 0) is 0 Å². The van der Waals surface area contributed by atoms with Crippen LogP contribution < -0.4 is 14.8 Å². The molecule has 0 radical (unpaired) electrons. The zero-order chi connectivity index (χ0) is 19.1. The largest absolute Gasteiger partial charge is 0.490 e. The van der Waals surface area contributed by atoms with Crippen molar-refractivity contribution >= 4 is 27.5 Å². The van der Waals surface area contributed by atoms with E-state index in [4.69, 9.17) is 9.47 Å². The summed E-state index contributed by atoms with van der Waals surface area (Å²) in [5, 5.41) is 2.90. The molecule has 3 aromatic rings. The molecule has 0 aliphatic rings. The van der Waals surface area contributed by atoms with E-state index in [9.17, 15) is 4.79 Å². The van der Waals surface area contributed by atoms with Gasteiger partial charge in [0.1, 0.15) is 24.7 Å². The molecule has 0 unspecified atom stereocenters. The second kappa shape index (κ2) is 9.24. The number of hydrogen-bond acceptors (Lipinski definition) is 3. The molecule has 0 aromatic heterocycles. The maximum atomic E-state index is 12.4. The molecule has 0 aliphatic carbocycles. The van der Waals surface area contributed by atoms with Gasteiger partial charge in [0.15, 0.2) is 0 Å². The van der Waals surface area contributed by atoms with Gasteiger partial charge < -0.3 is 14.8 Å². The molecule has 0 bridgehead atoms. The summed E-state index contributed by atoms with van der Waals surface area (Å²) in [7, 11) is 0. The Balaban J connectivity index is 1.54. The van der Waals surface area contributed by atoms with Gasteiger partial charge in [-0.2, -0.15) is 0 Å². The van der Waals surface area contributed by atoms with E-state index in [1.807, 2.05) is 61.5 Å². The van der Waals surface area contributed by atoms with Crippen molar-refractivity contribution in [1.29, 1.82) is 0 Å². The minimum atomic E-state index is -0.166. The first-order valence-corrected chi connectivity index (χ1v) is 9.39. The summed E-state index contributed by atoms with van der Waals surface area (Å²) in [6.07, 6.45) is 0. The van der Waals surface area contributed by atoms with Crippen LogP contribution in [0.5, 0.6) is 11.5 Å². The normalized spacial score (nSPS) is 10.3. The number of hydrogen-bond donors (Lipinski definition) is 1. The van der Waals surface area contributed by atoms with Gasteiger partial charge >= 0.3 is 0 Å². The average molecular weight is 426 g/mol. The summed E-state index contributed by atoms with van der Waals surface area (Å²) < 4.78 is 12.0. The van der Waals surface area contributed by atoms with Gasteiger partial charge in [-0.25, -0.2) is 0 Å². The molecule has 0 spiro atoms.